The van der Waals surface area contributed by atoms with Crippen molar-refractivity contribution in [2.45, 2.75) is 26.4 Å². The van der Waals surface area contributed by atoms with Gasteiger partial charge >= 0.3 is 0 Å². The second kappa shape index (κ2) is 9.75. The Morgan fingerprint density at radius 1 is 1.30 bits per heavy atom. The maximum Gasteiger partial charge on any atom is 0.191 e. The minimum absolute atomic E-state index is 0. The number of hydrogen-bond donors (Lipinski definition) is 2. The maximum atomic E-state index is 4.46. The largest absolute Gasteiger partial charge is 0.355 e. The summed E-state index contributed by atoms with van der Waals surface area (Å²) in [5, 5.41) is 7.94. The van der Waals surface area contributed by atoms with Crippen LogP contribution in [-0.2, 0) is 6.54 Å². The van der Waals surface area contributed by atoms with E-state index in [1.165, 1.54) is 4.88 Å². The SMILES string of the molecule is CN=C(NCc1sc(C)nc1C)NCC1CN(C)CCN1C.I. The highest BCUT2D eigenvalue weighted by molar-refractivity contribution is 14.0. The predicted octanol–water partition coefficient (Wildman–Crippen LogP) is 1.29. The van der Waals surface area contributed by atoms with Crippen molar-refractivity contribution < 1.29 is 0 Å². The first-order chi connectivity index (χ1) is 10.5. The van der Waals surface area contributed by atoms with Crippen LogP contribution in [0, 0.1) is 13.8 Å². The minimum Gasteiger partial charge on any atom is -0.355 e. The van der Waals surface area contributed by atoms with Crippen molar-refractivity contribution in [3.8, 4) is 0 Å². The van der Waals surface area contributed by atoms with Crippen LogP contribution in [0.25, 0.3) is 0 Å². The third-order valence-corrected chi connectivity index (χ3v) is 5.20. The fourth-order valence-corrected chi connectivity index (χ4v) is 3.54. The molecule has 23 heavy (non-hydrogen) atoms. The number of hydrogen-bond acceptors (Lipinski definition) is 5. The van der Waals surface area contributed by atoms with Gasteiger partial charge in [0, 0.05) is 44.1 Å². The van der Waals surface area contributed by atoms with Crippen LogP contribution in [0.4, 0.5) is 0 Å². The Hall–Kier alpha value is -0.450. The predicted molar refractivity (Wildman–Crippen MR) is 109 cm³/mol. The first-order valence-corrected chi connectivity index (χ1v) is 8.57. The summed E-state index contributed by atoms with van der Waals surface area (Å²) in [6, 6.07) is 0.518. The van der Waals surface area contributed by atoms with Gasteiger partial charge in [0.1, 0.15) is 0 Å². The summed E-state index contributed by atoms with van der Waals surface area (Å²) in [7, 11) is 6.19. The summed E-state index contributed by atoms with van der Waals surface area (Å²) in [6.07, 6.45) is 0. The van der Waals surface area contributed by atoms with Gasteiger partial charge in [-0.15, -0.1) is 35.3 Å². The normalized spacial score (nSPS) is 20.2. The van der Waals surface area contributed by atoms with E-state index in [2.05, 4.69) is 51.4 Å². The lowest BCUT2D eigenvalue weighted by Gasteiger charge is -2.37. The van der Waals surface area contributed by atoms with Gasteiger partial charge in [0.05, 0.1) is 17.2 Å². The molecule has 6 nitrogen and oxygen atoms in total. The highest BCUT2D eigenvalue weighted by atomic mass is 127. The number of aromatic nitrogens is 1. The second-order valence-corrected chi connectivity index (χ2v) is 7.23. The quantitative estimate of drug-likeness (QED) is 0.410. The average Bonchev–Trinajstić information content (AvgIpc) is 2.80. The summed E-state index contributed by atoms with van der Waals surface area (Å²) in [6.45, 7) is 9.14. The number of nitrogens with zero attached hydrogens (tertiary/aromatic N) is 4. The molecule has 1 atom stereocenters. The summed E-state index contributed by atoms with van der Waals surface area (Å²) in [4.78, 5) is 14.8. The molecule has 0 bridgehead atoms. The van der Waals surface area contributed by atoms with Gasteiger partial charge in [-0.1, -0.05) is 0 Å². The minimum atomic E-state index is 0. The zero-order chi connectivity index (χ0) is 16.1. The Balaban J connectivity index is 0.00000264. The van der Waals surface area contributed by atoms with E-state index in [4.69, 9.17) is 0 Å². The summed E-state index contributed by atoms with van der Waals surface area (Å²) in [5.41, 5.74) is 1.11. The molecule has 1 aromatic heterocycles. The lowest BCUT2D eigenvalue weighted by Crippen LogP contribution is -2.55. The molecule has 0 saturated carbocycles. The molecule has 0 aliphatic carbocycles. The number of guanidine groups is 1. The molecule has 0 radical (unpaired) electrons. The number of likely N-dealkylation sites (N-methyl/N-ethyl adjacent to an activating group) is 2. The second-order valence-electron chi connectivity index (χ2n) is 5.94. The molecule has 1 unspecified atom stereocenters. The fourth-order valence-electron chi connectivity index (χ4n) is 2.66. The molecule has 132 valence electrons. The molecule has 1 aromatic rings. The molecule has 2 rings (SSSR count). The van der Waals surface area contributed by atoms with E-state index in [1.54, 1.807) is 11.3 Å². The van der Waals surface area contributed by atoms with Crippen LogP contribution in [-0.4, -0.2) is 74.1 Å². The Morgan fingerprint density at radius 3 is 2.65 bits per heavy atom. The topological polar surface area (TPSA) is 55.8 Å². The fraction of sp³-hybridized carbons (Fsp3) is 0.733. The number of halogens is 1. The van der Waals surface area contributed by atoms with Crippen molar-refractivity contribution in [1.82, 2.24) is 25.4 Å². The third-order valence-electron chi connectivity index (χ3n) is 4.12. The summed E-state index contributed by atoms with van der Waals surface area (Å²) < 4.78 is 0. The first-order valence-electron chi connectivity index (χ1n) is 7.75. The molecule has 0 spiro atoms. The Kier molecular flexibility index (Phi) is 8.73. The lowest BCUT2D eigenvalue weighted by molar-refractivity contribution is 0.116. The lowest BCUT2D eigenvalue weighted by atomic mass is 10.2. The van der Waals surface area contributed by atoms with Gasteiger partial charge in [0.15, 0.2) is 5.96 Å². The van der Waals surface area contributed by atoms with Crippen LogP contribution in [0.5, 0.6) is 0 Å². The van der Waals surface area contributed by atoms with Gasteiger partial charge in [-0.2, -0.15) is 0 Å². The summed E-state index contributed by atoms with van der Waals surface area (Å²) >= 11 is 1.74. The van der Waals surface area contributed by atoms with E-state index in [0.717, 1.165) is 49.4 Å². The Labute approximate surface area is 160 Å². The Bertz CT molecular complexity index is 518. The van der Waals surface area contributed by atoms with E-state index in [1.807, 2.05) is 14.0 Å². The molecule has 2 heterocycles. The van der Waals surface area contributed by atoms with Crippen molar-refractivity contribution in [3.05, 3.63) is 15.6 Å². The van der Waals surface area contributed by atoms with Gasteiger partial charge in [-0.05, 0) is 27.9 Å². The highest BCUT2D eigenvalue weighted by Gasteiger charge is 2.22. The van der Waals surface area contributed by atoms with Gasteiger partial charge in [0.2, 0.25) is 0 Å². The van der Waals surface area contributed by atoms with E-state index < -0.39 is 0 Å². The highest BCUT2D eigenvalue weighted by Crippen LogP contribution is 2.16. The monoisotopic (exact) mass is 452 g/mol. The molecule has 0 aromatic carbocycles. The zero-order valence-electron chi connectivity index (χ0n) is 14.7. The number of nitrogens with one attached hydrogen (secondary N) is 2. The van der Waals surface area contributed by atoms with Crippen LogP contribution in [0.3, 0.4) is 0 Å². The molecule has 1 aliphatic heterocycles. The molecule has 2 N–H and O–H groups in total. The first kappa shape index (κ1) is 20.6. The molecule has 1 aliphatic rings. The number of aliphatic imine (C=N–C) groups is 1. The van der Waals surface area contributed by atoms with Gasteiger partial charge in [-0.25, -0.2) is 4.98 Å². The molecule has 8 heteroatoms. The summed E-state index contributed by atoms with van der Waals surface area (Å²) in [5.74, 6) is 0.854. The van der Waals surface area contributed by atoms with Gasteiger partial charge < -0.3 is 15.5 Å². The van der Waals surface area contributed by atoms with Crippen molar-refractivity contribution in [3.63, 3.8) is 0 Å². The number of piperazine rings is 1. The third kappa shape index (κ3) is 6.17. The molecule has 1 fully saturated rings. The zero-order valence-corrected chi connectivity index (χ0v) is 17.9. The van der Waals surface area contributed by atoms with Gasteiger partial charge in [-0.3, -0.25) is 9.89 Å². The van der Waals surface area contributed by atoms with Crippen LogP contribution in [0.1, 0.15) is 15.6 Å². The standard InChI is InChI=1S/C15H28N6S.HI/c1-11-14(22-12(2)19-11)9-18-15(16-3)17-8-13-10-20(4)6-7-21(13)5;/h13H,6-10H2,1-5H3,(H2,16,17,18);1H. The van der Waals surface area contributed by atoms with E-state index in [0.29, 0.717) is 6.04 Å². The van der Waals surface area contributed by atoms with E-state index in [9.17, 15) is 0 Å². The number of aryl methyl sites for hydroxylation is 2. The van der Waals surface area contributed by atoms with Crippen molar-refractivity contribution >= 4 is 41.3 Å². The average molecular weight is 452 g/mol. The van der Waals surface area contributed by atoms with Crippen LogP contribution >= 0.6 is 35.3 Å². The maximum absolute atomic E-state index is 4.46. The smallest absolute Gasteiger partial charge is 0.191 e. The van der Waals surface area contributed by atoms with Crippen molar-refractivity contribution in [2.24, 2.45) is 4.99 Å². The Morgan fingerprint density at radius 2 is 2.04 bits per heavy atom. The number of rotatable bonds is 4. The van der Waals surface area contributed by atoms with E-state index >= 15 is 0 Å². The van der Waals surface area contributed by atoms with Gasteiger partial charge in [0.25, 0.3) is 0 Å². The molecule has 0 amide bonds. The van der Waals surface area contributed by atoms with Crippen LogP contribution < -0.4 is 10.6 Å². The molecular weight excluding hydrogens is 423 g/mol. The molecular formula is C15H29IN6S. The van der Waals surface area contributed by atoms with Crippen molar-refractivity contribution in [1.29, 1.82) is 0 Å². The number of thiazole rings is 1. The van der Waals surface area contributed by atoms with Crippen LogP contribution in [0.2, 0.25) is 0 Å². The van der Waals surface area contributed by atoms with E-state index in [-0.39, 0.29) is 24.0 Å². The van der Waals surface area contributed by atoms with Crippen molar-refractivity contribution in [2.75, 3.05) is 47.3 Å². The molecule has 1 saturated heterocycles. The van der Waals surface area contributed by atoms with Crippen LogP contribution in [0.15, 0.2) is 4.99 Å².